The van der Waals surface area contributed by atoms with Crippen LogP contribution in [-0.2, 0) is 14.2 Å². The SMILES string of the molecule is C[C@]12C[C@]3(O)OC[C@@H]4[C@H](O[C@]1(O)C[C@H]43)O2. The third-order valence-electron chi connectivity index (χ3n) is 4.57. The molecule has 0 unspecified atom stereocenters. The molecule has 84 valence electrons. The average Bonchev–Trinajstić information content (AvgIpc) is 2.49. The zero-order valence-electron chi connectivity index (χ0n) is 8.47. The predicted molar refractivity (Wildman–Crippen MR) is 46.4 cm³/mol. The summed E-state index contributed by atoms with van der Waals surface area (Å²) in [5.74, 6) is -2.36. The van der Waals surface area contributed by atoms with Gasteiger partial charge >= 0.3 is 0 Å². The van der Waals surface area contributed by atoms with E-state index in [1.54, 1.807) is 6.92 Å². The summed E-state index contributed by atoms with van der Waals surface area (Å²) in [6.07, 6.45) is 0.269. The van der Waals surface area contributed by atoms with Crippen LogP contribution in [0.5, 0.6) is 0 Å². The number of hydrogen-bond donors (Lipinski definition) is 2. The molecule has 0 radical (unpaired) electrons. The molecule has 0 amide bonds. The molecule has 1 aliphatic carbocycles. The molecule has 0 spiro atoms. The lowest BCUT2D eigenvalue weighted by Gasteiger charge is -2.49. The molecule has 0 aromatic carbocycles. The molecule has 3 aliphatic heterocycles. The van der Waals surface area contributed by atoms with Crippen LogP contribution >= 0.6 is 0 Å². The molecule has 0 aromatic heterocycles. The van der Waals surface area contributed by atoms with Crippen LogP contribution in [0.4, 0.5) is 0 Å². The second-order valence-electron chi connectivity index (χ2n) is 5.43. The van der Waals surface area contributed by atoms with E-state index in [2.05, 4.69) is 0 Å². The number of aliphatic hydroxyl groups is 2. The van der Waals surface area contributed by atoms with Crippen molar-refractivity contribution in [3.8, 4) is 0 Å². The molecular weight excluding hydrogens is 200 g/mol. The first-order valence-corrected chi connectivity index (χ1v) is 5.40. The van der Waals surface area contributed by atoms with Gasteiger partial charge in [-0.1, -0.05) is 0 Å². The van der Waals surface area contributed by atoms with E-state index in [1.165, 1.54) is 0 Å². The largest absolute Gasteiger partial charge is 0.365 e. The zero-order chi connectivity index (χ0) is 10.5. The predicted octanol–water partition coefficient (Wildman–Crippen LogP) is -0.435. The molecule has 15 heavy (non-hydrogen) atoms. The van der Waals surface area contributed by atoms with Crippen molar-refractivity contribution in [1.29, 1.82) is 0 Å². The lowest BCUT2D eigenvalue weighted by Crippen LogP contribution is -2.63. The molecule has 3 bridgehead atoms. The van der Waals surface area contributed by atoms with Crippen LogP contribution in [0.15, 0.2) is 0 Å². The Morgan fingerprint density at radius 1 is 1.27 bits per heavy atom. The van der Waals surface area contributed by atoms with Gasteiger partial charge < -0.3 is 24.4 Å². The van der Waals surface area contributed by atoms with Gasteiger partial charge in [-0.2, -0.15) is 0 Å². The normalized spacial score (nSPS) is 70.2. The van der Waals surface area contributed by atoms with Gasteiger partial charge in [-0.25, -0.2) is 0 Å². The fourth-order valence-corrected chi connectivity index (χ4v) is 3.65. The minimum Gasteiger partial charge on any atom is -0.365 e. The molecule has 3 saturated heterocycles. The van der Waals surface area contributed by atoms with E-state index < -0.39 is 23.5 Å². The van der Waals surface area contributed by atoms with Gasteiger partial charge in [0.25, 0.3) is 0 Å². The van der Waals surface area contributed by atoms with Crippen molar-refractivity contribution < 1.29 is 24.4 Å². The van der Waals surface area contributed by atoms with Gasteiger partial charge in [0.1, 0.15) is 5.60 Å². The molecular formula is C10H14O5. The summed E-state index contributed by atoms with van der Waals surface area (Å²) in [6, 6.07) is 0. The van der Waals surface area contributed by atoms with Crippen molar-refractivity contribution in [2.24, 2.45) is 11.8 Å². The van der Waals surface area contributed by atoms with Gasteiger partial charge in [-0.15, -0.1) is 0 Å². The van der Waals surface area contributed by atoms with Crippen LogP contribution in [0.1, 0.15) is 19.8 Å². The first-order chi connectivity index (χ1) is 6.96. The third kappa shape index (κ3) is 0.775. The quantitative estimate of drug-likeness (QED) is 0.572. The van der Waals surface area contributed by atoms with Gasteiger partial charge in [0.15, 0.2) is 17.9 Å². The molecule has 1 saturated carbocycles. The Morgan fingerprint density at radius 2 is 2.07 bits per heavy atom. The van der Waals surface area contributed by atoms with E-state index >= 15 is 0 Å². The Hall–Kier alpha value is -0.200. The zero-order valence-corrected chi connectivity index (χ0v) is 8.47. The van der Waals surface area contributed by atoms with Crippen LogP contribution in [0, 0.1) is 11.8 Å². The molecule has 5 heteroatoms. The molecule has 4 fully saturated rings. The van der Waals surface area contributed by atoms with Crippen molar-refractivity contribution in [2.75, 3.05) is 6.61 Å². The summed E-state index contributed by atoms with van der Waals surface area (Å²) < 4.78 is 16.8. The van der Waals surface area contributed by atoms with Crippen molar-refractivity contribution in [3.63, 3.8) is 0 Å². The summed E-state index contributed by atoms with van der Waals surface area (Å²) in [4.78, 5) is 0. The van der Waals surface area contributed by atoms with Crippen LogP contribution in [0.25, 0.3) is 0 Å². The topological polar surface area (TPSA) is 68.2 Å². The Morgan fingerprint density at radius 3 is 2.87 bits per heavy atom. The van der Waals surface area contributed by atoms with Gasteiger partial charge in [0, 0.05) is 24.7 Å². The smallest absolute Gasteiger partial charge is 0.198 e. The minimum absolute atomic E-state index is 0.0552. The van der Waals surface area contributed by atoms with E-state index in [-0.39, 0.29) is 18.3 Å². The van der Waals surface area contributed by atoms with E-state index in [4.69, 9.17) is 14.2 Å². The molecule has 4 aliphatic rings. The molecule has 0 aromatic rings. The highest BCUT2D eigenvalue weighted by atomic mass is 16.8. The molecule has 5 nitrogen and oxygen atoms in total. The van der Waals surface area contributed by atoms with Crippen molar-refractivity contribution in [2.45, 2.75) is 43.2 Å². The summed E-state index contributed by atoms with van der Waals surface area (Å²) in [6.45, 7) is 2.24. The van der Waals surface area contributed by atoms with E-state index in [1.807, 2.05) is 0 Å². The average molecular weight is 214 g/mol. The van der Waals surface area contributed by atoms with E-state index in [9.17, 15) is 10.2 Å². The maximum absolute atomic E-state index is 10.3. The number of rotatable bonds is 0. The maximum atomic E-state index is 10.3. The van der Waals surface area contributed by atoms with Crippen LogP contribution in [0.3, 0.4) is 0 Å². The standard InChI is InChI=1S/C10H14O5/c1-8-4-9(11)6-2-10(8,12)15-7(14-8)5(6)3-13-9/h5-7,11-12H,2-4H2,1H3/t5-,6+,7-,8-,9-,10+/m0/s1. The molecule has 4 rings (SSSR count). The van der Waals surface area contributed by atoms with Gasteiger partial charge in [-0.3, -0.25) is 0 Å². The Balaban J connectivity index is 1.91. The van der Waals surface area contributed by atoms with Crippen molar-refractivity contribution in [3.05, 3.63) is 0 Å². The fourth-order valence-electron chi connectivity index (χ4n) is 3.65. The molecule has 3 heterocycles. The summed E-state index contributed by atoms with van der Waals surface area (Å²) >= 11 is 0. The Labute approximate surface area is 86.9 Å². The second kappa shape index (κ2) is 2.10. The van der Waals surface area contributed by atoms with Crippen molar-refractivity contribution in [1.82, 2.24) is 0 Å². The van der Waals surface area contributed by atoms with E-state index in [0.717, 1.165) is 0 Å². The second-order valence-corrected chi connectivity index (χ2v) is 5.43. The number of hydrogen-bond acceptors (Lipinski definition) is 5. The van der Waals surface area contributed by atoms with Crippen LogP contribution in [0.2, 0.25) is 0 Å². The lowest BCUT2D eigenvalue weighted by atomic mass is 9.68. The van der Waals surface area contributed by atoms with Gasteiger partial charge in [0.2, 0.25) is 0 Å². The Kier molecular flexibility index (Phi) is 1.25. The van der Waals surface area contributed by atoms with Gasteiger partial charge in [-0.05, 0) is 6.92 Å². The van der Waals surface area contributed by atoms with Crippen LogP contribution in [-0.4, -0.2) is 40.3 Å². The summed E-state index contributed by atoms with van der Waals surface area (Å²) in [5, 5.41) is 20.7. The first kappa shape index (κ1) is 8.90. The maximum Gasteiger partial charge on any atom is 0.198 e. The highest BCUT2D eigenvalue weighted by Gasteiger charge is 2.75. The monoisotopic (exact) mass is 214 g/mol. The summed E-state index contributed by atoms with van der Waals surface area (Å²) in [7, 11) is 0. The van der Waals surface area contributed by atoms with E-state index in [0.29, 0.717) is 13.0 Å². The number of ether oxygens (including phenoxy) is 3. The fraction of sp³-hybridized carbons (Fsp3) is 1.00. The van der Waals surface area contributed by atoms with Crippen molar-refractivity contribution >= 4 is 0 Å². The Bertz CT molecular complexity index is 347. The number of fused-ring (bicyclic) bond motifs is 2. The molecule has 2 N–H and O–H groups in total. The highest BCUT2D eigenvalue weighted by molar-refractivity contribution is 5.14. The summed E-state index contributed by atoms with van der Waals surface area (Å²) in [5.41, 5.74) is -0.835. The molecule has 6 atom stereocenters. The highest BCUT2D eigenvalue weighted by Crippen LogP contribution is 2.63. The lowest BCUT2D eigenvalue weighted by molar-refractivity contribution is -0.320. The van der Waals surface area contributed by atoms with Gasteiger partial charge in [0.05, 0.1) is 6.61 Å². The first-order valence-electron chi connectivity index (χ1n) is 5.40. The van der Waals surface area contributed by atoms with Crippen LogP contribution < -0.4 is 0 Å². The third-order valence-corrected chi connectivity index (χ3v) is 4.57. The minimum atomic E-state index is -1.24.